The third-order valence-corrected chi connectivity index (χ3v) is 9.30. The molecular formula is C34H38Cl2N4O5. The van der Waals surface area contributed by atoms with Crippen LogP contribution in [0.15, 0.2) is 54.6 Å². The molecule has 11 heteroatoms. The van der Waals surface area contributed by atoms with Gasteiger partial charge >= 0.3 is 0 Å². The summed E-state index contributed by atoms with van der Waals surface area (Å²) >= 11 is 12.7. The molecule has 0 aliphatic carbocycles. The lowest BCUT2D eigenvalue weighted by atomic mass is 9.90. The summed E-state index contributed by atoms with van der Waals surface area (Å²) in [6, 6.07) is 16.7. The number of likely N-dealkylation sites (N-methyl/N-ethyl adjacent to an activating group) is 1. The quantitative estimate of drug-likeness (QED) is 0.169. The maximum Gasteiger partial charge on any atom is 0.257 e. The third kappa shape index (κ3) is 7.21. The number of nitrogens with one attached hydrogen (secondary N) is 1. The average Bonchev–Trinajstić information content (AvgIpc) is 3.51. The molecule has 1 saturated heterocycles. The third-order valence-electron chi connectivity index (χ3n) is 8.57. The molecule has 2 heterocycles. The van der Waals surface area contributed by atoms with Crippen LogP contribution in [0.2, 0.25) is 10.0 Å². The lowest BCUT2D eigenvalue weighted by Gasteiger charge is -2.33. The Morgan fingerprint density at radius 3 is 2.38 bits per heavy atom. The Labute approximate surface area is 273 Å². The van der Waals surface area contributed by atoms with Gasteiger partial charge in [0.25, 0.3) is 5.91 Å². The number of aromatic amines is 1. The lowest BCUT2D eigenvalue weighted by molar-refractivity contribution is 0.0775. The van der Waals surface area contributed by atoms with Gasteiger partial charge in [0.05, 0.1) is 48.0 Å². The topological polar surface area (TPSA) is 97.0 Å². The van der Waals surface area contributed by atoms with E-state index in [0.29, 0.717) is 45.2 Å². The molecule has 9 nitrogen and oxygen atoms in total. The normalized spacial score (nSPS) is 14.7. The molecule has 1 aliphatic heterocycles. The van der Waals surface area contributed by atoms with Crippen molar-refractivity contribution in [2.24, 2.45) is 5.92 Å². The summed E-state index contributed by atoms with van der Waals surface area (Å²) < 4.78 is 16.4. The van der Waals surface area contributed by atoms with E-state index < -0.39 is 0 Å². The molecule has 1 amide bonds. The zero-order valence-corrected chi connectivity index (χ0v) is 27.5. The van der Waals surface area contributed by atoms with Crippen LogP contribution < -0.4 is 14.2 Å². The van der Waals surface area contributed by atoms with Gasteiger partial charge in [-0.1, -0.05) is 41.4 Å². The van der Waals surface area contributed by atoms with Crippen molar-refractivity contribution in [3.63, 3.8) is 0 Å². The molecule has 4 aromatic rings. The van der Waals surface area contributed by atoms with Gasteiger partial charge < -0.3 is 29.0 Å². The summed E-state index contributed by atoms with van der Waals surface area (Å²) in [6.45, 7) is 2.86. The number of imidazole rings is 1. The largest absolute Gasteiger partial charge is 0.493 e. The van der Waals surface area contributed by atoms with Crippen LogP contribution in [-0.4, -0.2) is 86.0 Å². The van der Waals surface area contributed by atoms with Gasteiger partial charge in [-0.15, -0.1) is 0 Å². The molecular weight excluding hydrogens is 615 g/mol. The number of ether oxygens (including phenoxy) is 3. The molecule has 45 heavy (non-hydrogen) atoms. The first-order valence-corrected chi connectivity index (χ1v) is 15.7. The highest BCUT2D eigenvalue weighted by Crippen LogP contribution is 2.40. The van der Waals surface area contributed by atoms with Crippen molar-refractivity contribution in [3.05, 3.63) is 81.6 Å². The monoisotopic (exact) mass is 652 g/mol. The van der Waals surface area contributed by atoms with E-state index in [1.54, 1.807) is 30.1 Å². The molecule has 1 N–H and O–H groups in total. The summed E-state index contributed by atoms with van der Waals surface area (Å²) in [5, 5.41) is 0.953. The van der Waals surface area contributed by atoms with E-state index in [-0.39, 0.29) is 23.5 Å². The Balaban J connectivity index is 1.26. The maximum absolute atomic E-state index is 13.7. The average molecular weight is 654 g/mol. The molecule has 3 aromatic carbocycles. The Hall–Kier alpha value is -3.79. The van der Waals surface area contributed by atoms with E-state index in [0.717, 1.165) is 55.5 Å². The summed E-state index contributed by atoms with van der Waals surface area (Å²) in [5.41, 5.74) is 3.05. The van der Waals surface area contributed by atoms with Gasteiger partial charge in [0.1, 0.15) is 0 Å². The van der Waals surface area contributed by atoms with Crippen LogP contribution in [0.1, 0.15) is 51.7 Å². The fourth-order valence-corrected chi connectivity index (χ4v) is 6.35. The summed E-state index contributed by atoms with van der Waals surface area (Å²) in [6.07, 6.45) is 2.32. The summed E-state index contributed by atoms with van der Waals surface area (Å²) in [7, 11) is 6.32. The number of amides is 1. The lowest BCUT2D eigenvalue weighted by Crippen LogP contribution is -2.38. The summed E-state index contributed by atoms with van der Waals surface area (Å²) in [5.74, 6) is 1.39. The van der Waals surface area contributed by atoms with E-state index >= 15 is 0 Å². The molecule has 0 spiro atoms. The van der Waals surface area contributed by atoms with Crippen LogP contribution in [0.3, 0.4) is 0 Å². The Morgan fingerprint density at radius 1 is 0.978 bits per heavy atom. The number of carbonyl (C=O) groups is 2. The highest BCUT2D eigenvalue weighted by atomic mass is 35.5. The van der Waals surface area contributed by atoms with Crippen LogP contribution in [0, 0.1) is 5.92 Å². The van der Waals surface area contributed by atoms with Gasteiger partial charge in [-0.2, -0.15) is 0 Å². The second-order valence-corrected chi connectivity index (χ2v) is 12.1. The first-order valence-electron chi connectivity index (χ1n) is 14.9. The molecule has 5 rings (SSSR count). The van der Waals surface area contributed by atoms with Crippen LogP contribution in [-0.2, 0) is 0 Å². The molecule has 1 aliphatic rings. The number of benzene rings is 3. The number of carbonyl (C=O) groups excluding carboxylic acids is 2. The molecule has 0 bridgehead atoms. The number of methoxy groups -OCH3 is 3. The van der Waals surface area contributed by atoms with Crippen molar-refractivity contribution in [1.82, 2.24) is 19.8 Å². The van der Waals surface area contributed by atoms with Crippen molar-refractivity contribution < 1.29 is 23.8 Å². The second kappa shape index (κ2) is 14.5. The number of aromatic nitrogens is 2. The number of hydrogen-bond donors (Lipinski definition) is 1. The van der Waals surface area contributed by atoms with Crippen molar-refractivity contribution in [3.8, 4) is 17.2 Å². The van der Waals surface area contributed by atoms with Gasteiger partial charge in [-0.3, -0.25) is 9.59 Å². The first-order chi connectivity index (χ1) is 21.7. The van der Waals surface area contributed by atoms with E-state index in [2.05, 4.69) is 14.9 Å². The molecule has 1 unspecified atom stereocenters. The number of ketones is 1. The number of hydrogen-bond acceptors (Lipinski definition) is 7. The Morgan fingerprint density at radius 2 is 1.71 bits per heavy atom. The Kier molecular flexibility index (Phi) is 10.5. The smallest absolute Gasteiger partial charge is 0.257 e. The number of Topliss-reactive ketones (excluding diaryl/α,β-unsaturated/α-hetero) is 1. The number of para-hydroxylation sites is 2. The molecule has 238 valence electrons. The number of H-pyrrole nitrogens is 1. The predicted molar refractivity (Wildman–Crippen MR) is 176 cm³/mol. The number of rotatable bonds is 12. The van der Waals surface area contributed by atoms with E-state index in [1.807, 2.05) is 36.4 Å². The van der Waals surface area contributed by atoms with Crippen LogP contribution in [0.25, 0.3) is 11.0 Å². The summed E-state index contributed by atoms with van der Waals surface area (Å²) in [4.78, 5) is 38.7. The zero-order valence-electron chi connectivity index (χ0n) is 25.9. The van der Waals surface area contributed by atoms with Crippen molar-refractivity contribution in [1.29, 1.82) is 0 Å². The highest BCUT2D eigenvalue weighted by molar-refractivity contribution is 6.42. The number of piperidine rings is 1. The van der Waals surface area contributed by atoms with Gasteiger partial charge in [0.15, 0.2) is 17.3 Å². The van der Waals surface area contributed by atoms with E-state index in [9.17, 15) is 9.59 Å². The fraction of sp³-hybridized carbons (Fsp3) is 0.382. The minimum absolute atomic E-state index is 0.0187. The SMILES string of the molecule is COc1ccc(C(=O)N(C)CC(CCN2CCC(C(=O)c3nc4ccccc4[nH]3)CC2)c2ccc(Cl)c(Cl)c2)c(OC)c1OC. The first kappa shape index (κ1) is 32.6. The molecule has 1 atom stereocenters. The minimum Gasteiger partial charge on any atom is -0.493 e. The van der Waals surface area contributed by atoms with Crippen LogP contribution in [0.5, 0.6) is 17.2 Å². The number of nitrogens with zero attached hydrogens (tertiary/aromatic N) is 3. The fourth-order valence-electron chi connectivity index (χ4n) is 6.04. The Bertz CT molecular complexity index is 1630. The van der Waals surface area contributed by atoms with E-state index in [4.69, 9.17) is 37.4 Å². The van der Waals surface area contributed by atoms with Crippen molar-refractivity contribution >= 4 is 45.9 Å². The van der Waals surface area contributed by atoms with Crippen molar-refractivity contribution in [2.45, 2.75) is 25.2 Å². The number of likely N-dealkylation sites (tertiary alicyclic amines) is 1. The van der Waals surface area contributed by atoms with Gasteiger partial charge in [-0.05, 0) is 80.9 Å². The van der Waals surface area contributed by atoms with Gasteiger partial charge in [-0.25, -0.2) is 4.98 Å². The predicted octanol–water partition coefficient (Wildman–Crippen LogP) is 6.74. The second-order valence-electron chi connectivity index (χ2n) is 11.3. The number of halogens is 2. The zero-order chi connectivity index (χ0) is 32.1. The highest BCUT2D eigenvalue weighted by Gasteiger charge is 2.29. The standard InChI is InChI=1S/C34H38Cl2N4O5/c1-39(34(42)24-10-12-29(43-2)32(45-4)31(24)44-3)20-23(22-9-11-25(35)26(36)19-22)15-18-40-16-13-21(14-17-40)30(41)33-37-27-7-5-6-8-28(27)38-33/h5-12,19,21,23H,13-18,20H2,1-4H3,(H,37,38). The number of fused-ring (bicyclic) bond motifs is 1. The molecule has 1 aromatic heterocycles. The maximum atomic E-state index is 13.7. The van der Waals surface area contributed by atoms with Gasteiger partial charge in [0, 0.05) is 25.4 Å². The van der Waals surface area contributed by atoms with Gasteiger partial charge in [0.2, 0.25) is 11.5 Å². The van der Waals surface area contributed by atoms with Crippen LogP contribution in [0.4, 0.5) is 0 Å². The van der Waals surface area contributed by atoms with E-state index in [1.165, 1.54) is 21.3 Å². The minimum atomic E-state index is -0.206. The van der Waals surface area contributed by atoms with Crippen molar-refractivity contribution in [2.75, 3.05) is 54.6 Å². The molecule has 1 fully saturated rings. The van der Waals surface area contributed by atoms with Crippen LogP contribution >= 0.6 is 23.2 Å². The molecule has 0 radical (unpaired) electrons. The molecule has 0 saturated carbocycles.